The van der Waals surface area contributed by atoms with Crippen molar-refractivity contribution in [2.45, 2.75) is 59.3 Å². The Balaban J connectivity index is 3.59. The van der Waals surface area contributed by atoms with Crippen molar-refractivity contribution in [3.8, 4) is 0 Å². The van der Waals surface area contributed by atoms with Gasteiger partial charge in [0.05, 0.1) is 13.2 Å². The minimum Gasteiger partial charge on any atom is -0.285 e. The first kappa shape index (κ1) is 16.3. The van der Waals surface area contributed by atoms with Gasteiger partial charge in [0.15, 0.2) is 0 Å². The molecule has 0 radical (unpaired) electrons. The van der Waals surface area contributed by atoms with E-state index in [9.17, 15) is 0 Å². The predicted octanol–water partition coefficient (Wildman–Crippen LogP) is 4.68. The lowest BCUT2D eigenvalue weighted by atomic mass is 10.1. The van der Waals surface area contributed by atoms with Crippen LogP contribution in [0, 0.1) is 0 Å². The monoisotopic (exact) mass is 250 g/mol. The van der Waals surface area contributed by atoms with Crippen LogP contribution in [0.4, 0.5) is 0 Å². The Morgan fingerprint density at radius 1 is 0.750 bits per heavy atom. The van der Waals surface area contributed by atoms with Crippen LogP contribution in [0.5, 0.6) is 0 Å². The molecular weight excluding hydrogens is 220 g/mol. The van der Waals surface area contributed by atoms with Crippen LogP contribution in [-0.2, 0) is 8.37 Å². The Labute approximate surface area is 104 Å². The highest BCUT2D eigenvalue weighted by Gasteiger charge is 2.13. The highest BCUT2D eigenvalue weighted by Crippen LogP contribution is 2.47. The summed E-state index contributed by atoms with van der Waals surface area (Å²) in [7, 11) is -1.23. The molecular formula is C13H30O2S. The second-order valence-electron chi connectivity index (χ2n) is 4.21. The molecule has 0 aromatic carbocycles. The molecule has 0 aromatic rings. The number of hydrogen-bond acceptors (Lipinski definition) is 2. The lowest BCUT2D eigenvalue weighted by Crippen LogP contribution is -2.11. The van der Waals surface area contributed by atoms with Gasteiger partial charge in [-0.05, 0) is 20.3 Å². The molecule has 0 amide bonds. The van der Waals surface area contributed by atoms with Gasteiger partial charge in [0.25, 0.3) is 0 Å². The zero-order valence-corrected chi connectivity index (χ0v) is 12.4. The average molecular weight is 250 g/mol. The molecule has 0 saturated heterocycles. The summed E-state index contributed by atoms with van der Waals surface area (Å²) in [6, 6.07) is 0. The number of rotatable bonds is 11. The van der Waals surface area contributed by atoms with Crippen LogP contribution < -0.4 is 0 Å². The molecule has 0 fully saturated rings. The van der Waals surface area contributed by atoms with E-state index in [-0.39, 0.29) is 0 Å². The van der Waals surface area contributed by atoms with Crippen LogP contribution in [0.25, 0.3) is 0 Å². The zero-order valence-electron chi connectivity index (χ0n) is 11.6. The maximum absolute atomic E-state index is 5.76. The zero-order chi connectivity index (χ0) is 12.3. The summed E-state index contributed by atoms with van der Waals surface area (Å²) in [5.41, 5.74) is 0. The van der Waals surface area contributed by atoms with Gasteiger partial charge in [0, 0.05) is 12.0 Å². The molecule has 100 valence electrons. The predicted molar refractivity (Wildman–Crippen MR) is 75.0 cm³/mol. The normalized spacial score (nSPS) is 13.0. The Morgan fingerprint density at radius 2 is 1.25 bits per heavy atom. The average Bonchev–Trinajstić information content (AvgIpc) is 2.24. The summed E-state index contributed by atoms with van der Waals surface area (Å²) >= 11 is 0. The third kappa shape index (κ3) is 8.43. The fraction of sp³-hybridized carbons (Fsp3) is 1.00. The fourth-order valence-corrected chi connectivity index (χ4v) is 3.82. The summed E-state index contributed by atoms with van der Waals surface area (Å²) in [6.07, 6.45) is 10.2. The van der Waals surface area contributed by atoms with Crippen LogP contribution in [-0.4, -0.2) is 25.2 Å². The van der Waals surface area contributed by atoms with Crippen LogP contribution in [0.1, 0.15) is 59.3 Å². The molecule has 0 aromatic heterocycles. The summed E-state index contributed by atoms with van der Waals surface area (Å²) < 4.78 is 11.5. The Morgan fingerprint density at radius 3 is 1.75 bits per heavy atom. The van der Waals surface area contributed by atoms with Gasteiger partial charge in [-0.3, -0.25) is 8.37 Å². The first-order chi connectivity index (χ1) is 7.68. The third-order valence-corrected chi connectivity index (χ3v) is 5.10. The van der Waals surface area contributed by atoms with Gasteiger partial charge in [0.2, 0.25) is 0 Å². The van der Waals surface area contributed by atoms with Crippen molar-refractivity contribution >= 4 is 10.6 Å². The smallest absolute Gasteiger partial charge is 0.0685 e. The standard InChI is InChI=1S/C13H30O2S/c1-5-8-9-10-11-12-13-16(4,14-6-2)15-7-3/h5-13H2,1-4H3. The molecule has 0 bridgehead atoms. The Bertz CT molecular complexity index is 145. The molecule has 3 heteroatoms. The van der Waals surface area contributed by atoms with Gasteiger partial charge in [-0.15, -0.1) is 0 Å². The maximum atomic E-state index is 5.76. The van der Waals surface area contributed by atoms with Gasteiger partial charge in [-0.1, -0.05) is 39.0 Å². The van der Waals surface area contributed by atoms with E-state index in [4.69, 9.17) is 8.37 Å². The highest BCUT2D eigenvalue weighted by molar-refractivity contribution is 8.25. The number of unbranched alkanes of at least 4 members (excludes halogenated alkanes) is 5. The first-order valence-corrected chi connectivity index (χ1v) is 8.79. The van der Waals surface area contributed by atoms with E-state index >= 15 is 0 Å². The van der Waals surface area contributed by atoms with Crippen LogP contribution in [0.15, 0.2) is 0 Å². The van der Waals surface area contributed by atoms with Gasteiger partial charge in [-0.2, -0.15) is 10.6 Å². The topological polar surface area (TPSA) is 18.5 Å². The lowest BCUT2D eigenvalue weighted by Gasteiger charge is -2.39. The highest BCUT2D eigenvalue weighted by atomic mass is 32.3. The van der Waals surface area contributed by atoms with E-state index in [0.29, 0.717) is 0 Å². The molecule has 16 heavy (non-hydrogen) atoms. The van der Waals surface area contributed by atoms with Gasteiger partial charge >= 0.3 is 0 Å². The molecule has 0 N–H and O–H groups in total. The fourth-order valence-electron chi connectivity index (χ4n) is 1.80. The molecule has 2 nitrogen and oxygen atoms in total. The third-order valence-electron chi connectivity index (χ3n) is 2.60. The van der Waals surface area contributed by atoms with Crippen LogP contribution >= 0.6 is 10.6 Å². The van der Waals surface area contributed by atoms with Gasteiger partial charge in [-0.25, -0.2) is 0 Å². The largest absolute Gasteiger partial charge is 0.285 e. The van der Waals surface area contributed by atoms with E-state index in [1.807, 2.05) is 13.8 Å². The van der Waals surface area contributed by atoms with Crippen molar-refractivity contribution in [2.75, 3.05) is 25.2 Å². The minimum absolute atomic E-state index is 0.766. The quantitative estimate of drug-likeness (QED) is 0.495. The van der Waals surface area contributed by atoms with Gasteiger partial charge in [0.1, 0.15) is 0 Å². The van der Waals surface area contributed by atoms with E-state index in [2.05, 4.69) is 13.2 Å². The Kier molecular flexibility index (Phi) is 10.6. The summed E-state index contributed by atoms with van der Waals surface area (Å²) in [5.74, 6) is 1.10. The number of hydrogen-bond donors (Lipinski definition) is 0. The van der Waals surface area contributed by atoms with Crippen molar-refractivity contribution in [1.82, 2.24) is 0 Å². The van der Waals surface area contributed by atoms with Crippen molar-refractivity contribution in [2.24, 2.45) is 0 Å². The van der Waals surface area contributed by atoms with Crippen molar-refractivity contribution in [1.29, 1.82) is 0 Å². The lowest BCUT2D eigenvalue weighted by molar-refractivity contribution is 0.279. The van der Waals surface area contributed by atoms with E-state index in [1.165, 1.54) is 38.5 Å². The maximum Gasteiger partial charge on any atom is 0.0685 e. The summed E-state index contributed by atoms with van der Waals surface area (Å²) in [4.78, 5) is 0. The molecule has 0 rings (SSSR count). The SMILES string of the molecule is CCCCCCCCS(C)(OCC)OCC. The molecule has 0 unspecified atom stereocenters. The van der Waals surface area contributed by atoms with E-state index < -0.39 is 10.6 Å². The second kappa shape index (κ2) is 10.4. The summed E-state index contributed by atoms with van der Waals surface area (Å²) in [5, 5.41) is 0. The van der Waals surface area contributed by atoms with Crippen LogP contribution in [0.2, 0.25) is 0 Å². The van der Waals surface area contributed by atoms with E-state index in [1.54, 1.807) is 0 Å². The molecule has 0 aliphatic carbocycles. The molecule has 0 atom stereocenters. The first-order valence-electron chi connectivity index (χ1n) is 6.73. The molecule has 0 aliphatic rings. The molecule has 0 heterocycles. The Hall–Kier alpha value is 0.270. The van der Waals surface area contributed by atoms with Crippen molar-refractivity contribution < 1.29 is 8.37 Å². The molecule has 0 spiro atoms. The van der Waals surface area contributed by atoms with Gasteiger partial charge < -0.3 is 0 Å². The molecule has 0 saturated carbocycles. The van der Waals surface area contributed by atoms with E-state index in [0.717, 1.165) is 19.0 Å². The van der Waals surface area contributed by atoms with Crippen molar-refractivity contribution in [3.63, 3.8) is 0 Å². The van der Waals surface area contributed by atoms with Crippen LogP contribution in [0.3, 0.4) is 0 Å². The molecule has 0 aliphatic heterocycles. The second-order valence-corrected chi connectivity index (χ2v) is 6.94. The minimum atomic E-state index is -1.23. The van der Waals surface area contributed by atoms with Crippen molar-refractivity contribution in [3.05, 3.63) is 0 Å². The summed E-state index contributed by atoms with van der Waals surface area (Å²) in [6.45, 7) is 7.88.